The maximum absolute atomic E-state index is 13.2. The molecular weight excluding hydrogens is 358 g/mol. The molecule has 0 saturated carbocycles. The zero-order valence-corrected chi connectivity index (χ0v) is 14.9. The Kier molecular flexibility index (Phi) is 5.80. The van der Waals surface area contributed by atoms with Crippen molar-refractivity contribution in [3.63, 3.8) is 0 Å². The van der Waals surface area contributed by atoms with Gasteiger partial charge >= 0.3 is 0 Å². The van der Waals surface area contributed by atoms with Crippen LogP contribution in [-0.4, -0.2) is 66.0 Å². The third-order valence-electron chi connectivity index (χ3n) is 4.40. The highest BCUT2D eigenvalue weighted by molar-refractivity contribution is 5.94. The average molecular weight is 378 g/mol. The first kappa shape index (κ1) is 19.0. The Morgan fingerprint density at radius 1 is 1.15 bits per heavy atom. The maximum Gasteiger partial charge on any atom is 0.276 e. The van der Waals surface area contributed by atoms with Crippen molar-refractivity contribution in [3.05, 3.63) is 52.9 Å². The summed E-state index contributed by atoms with van der Waals surface area (Å²) < 4.78 is 31.0. The minimum Gasteiger partial charge on any atom is -0.361 e. The number of piperazine rings is 1. The quantitative estimate of drug-likeness (QED) is 0.852. The minimum absolute atomic E-state index is 0.0761. The topological polar surface area (TPSA) is 78.7 Å². The van der Waals surface area contributed by atoms with E-state index in [1.807, 2.05) is 0 Å². The number of rotatable bonds is 5. The van der Waals surface area contributed by atoms with Gasteiger partial charge in [-0.1, -0.05) is 5.16 Å². The molecule has 1 aromatic carbocycles. The summed E-state index contributed by atoms with van der Waals surface area (Å²) in [7, 11) is 0. The van der Waals surface area contributed by atoms with Gasteiger partial charge in [-0.15, -0.1) is 0 Å². The predicted octanol–water partition coefficient (Wildman–Crippen LogP) is 1.45. The Labute approximate surface area is 154 Å². The molecule has 9 heteroatoms. The van der Waals surface area contributed by atoms with Gasteiger partial charge in [0.25, 0.3) is 11.8 Å². The second-order valence-corrected chi connectivity index (χ2v) is 6.34. The van der Waals surface area contributed by atoms with Crippen molar-refractivity contribution in [1.82, 2.24) is 20.3 Å². The molecule has 7 nitrogen and oxygen atoms in total. The summed E-state index contributed by atoms with van der Waals surface area (Å²) in [6.45, 7) is 5.15. The average Bonchev–Trinajstić information content (AvgIpc) is 3.10. The van der Waals surface area contributed by atoms with Crippen molar-refractivity contribution < 1.29 is 22.9 Å². The largest absolute Gasteiger partial charge is 0.361 e. The Morgan fingerprint density at radius 2 is 1.89 bits per heavy atom. The SMILES string of the molecule is Cc1cc(C(=O)N2CCN(CCNC(=O)c3ccc(F)c(F)c3)CC2)no1. The number of aryl methyl sites for hydroxylation is 1. The van der Waals surface area contributed by atoms with Crippen LogP contribution in [0, 0.1) is 18.6 Å². The van der Waals surface area contributed by atoms with Crippen LogP contribution in [0.1, 0.15) is 26.6 Å². The van der Waals surface area contributed by atoms with E-state index in [2.05, 4.69) is 15.4 Å². The van der Waals surface area contributed by atoms with Crippen LogP contribution in [0.15, 0.2) is 28.8 Å². The number of carbonyl (C=O) groups is 2. The molecule has 2 aromatic rings. The minimum atomic E-state index is -1.05. The summed E-state index contributed by atoms with van der Waals surface area (Å²) in [4.78, 5) is 28.1. The molecule has 144 valence electrons. The van der Waals surface area contributed by atoms with E-state index in [1.54, 1.807) is 17.9 Å². The third-order valence-corrected chi connectivity index (χ3v) is 4.40. The summed E-state index contributed by atoms with van der Waals surface area (Å²) >= 11 is 0. The van der Waals surface area contributed by atoms with Crippen molar-refractivity contribution in [2.24, 2.45) is 0 Å². The molecule has 27 heavy (non-hydrogen) atoms. The van der Waals surface area contributed by atoms with Gasteiger partial charge in [0.05, 0.1) is 0 Å². The molecule has 0 radical (unpaired) electrons. The Morgan fingerprint density at radius 3 is 2.52 bits per heavy atom. The molecule has 1 saturated heterocycles. The molecule has 1 fully saturated rings. The molecule has 1 aliphatic heterocycles. The van der Waals surface area contributed by atoms with E-state index < -0.39 is 17.5 Å². The number of halogens is 2. The van der Waals surface area contributed by atoms with E-state index in [-0.39, 0.29) is 11.5 Å². The number of benzene rings is 1. The van der Waals surface area contributed by atoms with Gasteiger partial charge in [-0.2, -0.15) is 0 Å². The van der Waals surface area contributed by atoms with E-state index in [0.717, 1.165) is 12.1 Å². The number of nitrogens with zero attached hydrogens (tertiary/aromatic N) is 3. The predicted molar refractivity (Wildman–Crippen MR) is 92.3 cm³/mol. The molecule has 0 atom stereocenters. The van der Waals surface area contributed by atoms with Crippen LogP contribution in [0.5, 0.6) is 0 Å². The lowest BCUT2D eigenvalue weighted by molar-refractivity contribution is 0.0628. The first-order valence-electron chi connectivity index (χ1n) is 8.62. The van der Waals surface area contributed by atoms with E-state index in [1.165, 1.54) is 6.07 Å². The molecule has 1 N–H and O–H groups in total. The van der Waals surface area contributed by atoms with Crippen LogP contribution in [0.2, 0.25) is 0 Å². The van der Waals surface area contributed by atoms with Crippen LogP contribution in [0.25, 0.3) is 0 Å². The Bertz CT molecular complexity index is 832. The number of hydrogen-bond donors (Lipinski definition) is 1. The first-order valence-corrected chi connectivity index (χ1v) is 8.62. The van der Waals surface area contributed by atoms with Crippen LogP contribution in [0.3, 0.4) is 0 Å². The highest BCUT2D eigenvalue weighted by Crippen LogP contribution is 2.10. The smallest absolute Gasteiger partial charge is 0.276 e. The van der Waals surface area contributed by atoms with Gasteiger partial charge in [0, 0.05) is 50.9 Å². The molecule has 1 aliphatic rings. The Balaban J connectivity index is 1.41. The highest BCUT2D eigenvalue weighted by Gasteiger charge is 2.24. The molecule has 0 aliphatic carbocycles. The maximum atomic E-state index is 13.2. The van der Waals surface area contributed by atoms with Crippen LogP contribution in [-0.2, 0) is 0 Å². The van der Waals surface area contributed by atoms with Crippen molar-refractivity contribution in [2.45, 2.75) is 6.92 Å². The van der Waals surface area contributed by atoms with E-state index in [0.29, 0.717) is 50.7 Å². The summed E-state index contributed by atoms with van der Waals surface area (Å²) in [5.41, 5.74) is 0.381. The van der Waals surface area contributed by atoms with Gasteiger partial charge in [-0.25, -0.2) is 8.78 Å². The lowest BCUT2D eigenvalue weighted by Crippen LogP contribution is -2.50. The first-order chi connectivity index (χ1) is 12.9. The fourth-order valence-corrected chi connectivity index (χ4v) is 2.87. The summed E-state index contributed by atoms with van der Waals surface area (Å²) in [5, 5.41) is 6.42. The highest BCUT2D eigenvalue weighted by atomic mass is 19.2. The molecule has 0 spiro atoms. The second-order valence-electron chi connectivity index (χ2n) is 6.34. The van der Waals surface area contributed by atoms with Gasteiger partial charge < -0.3 is 14.7 Å². The summed E-state index contributed by atoms with van der Waals surface area (Å²) in [6.07, 6.45) is 0. The number of aromatic nitrogens is 1. The number of hydrogen-bond acceptors (Lipinski definition) is 5. The fourth-order valence-electron chi connectivity index (χ4n) is 2.87. The van der Waals surface area contributed by atoms with Gasteiger partial charge in [-0.3, -0.25) is 14.5 Å². The van der Waals surface area contributed by atoms with Gasteiger partial charge in [0.15, 0.2) is 17.3 Å². The normalized spacial score (nSPS) is 15.0. The standard InChI is InChI=1S/C18H20F2N4O3/c1-12-10-16(22-27-12)18(26)24-8-6-23(7-9-24)5-4-21-17(25)13-2-3-14(19)15(20)11-13/h2-3,10-11H,4-9H2,1H3,(H,21,25). The summed E-state index contributed by atoms with van der Waals surface area (Å²) in [5.74, 6) is -2.05. The van der Waals surface area contributed by atoms with Crippen molar-refractivity contribution >= 4 is 11.8 Å². The van der Waals surface area contributed by atoms with Crippen LogP contribution >= 0.6 is 0 Å². The third kappa shape index (κ3) is 4.68. The Hall–Kier alpha value is -2.81. The number of nitrogens with one attached hydrogen (secondary N) is 1. The van der Waals surface area contributed by atoms with Gasteiger partial charge in [-0.05, 0) is 25.1 Å². The lowest BCUT2D eigenvalue weighted by Gasteiger charge is -2.34. The van der Waals surface area contributed by atoms with E-state index in [4.69, 9.17) is 4.52 Å². The van der Waals surface area contributed by atoms with Crippen LogP contribution < -0.4 is 5.32 Å². The zero-order valence-electron chi connectivity index (χ0n) is 14.9. The van der Waals surface area contributed by atoms with E-state index >= 15 is 0 Å². The molecule has 0 bridgehead atoms. The lowest BCUT2D eigenvalue weighted by atomic mass is 10.2. The zero-order chi connectivity index (χ0) is 19.4. The van der Waals surface area contributed by atoms with Gasteiger partial charge in [0.2, 0.25) is 0 Å². The fraction of sp³-hybridized carbons (Fsp3) is 0.389. The molecular formula is C18H20F2N4O3. The molecule has 0 unspecified atom stereocenters. The van der Waals surface area contributed by atoms with E-state index in [9.17, 15) is 18.4 Å². The monoisotopic (exact) mass is 378 g/mol. The summed E-state index contributed by atoms with van der Waals surface area (Å²) in [6, 6.07) is 4.66. The van der Waals surface area contributed by atoms with Crippen LogP contribution in [0.4, 0.5) is 8.78 Å². The number of amides is 2. The van der Waals surface area contributed by atoms with Gasteiger partial charge in [0.1, 0.15) is 5.76 Å². The van der Waals surface area contributed by atoms with Crippen molar-refractivity contribution in [2.75, 3.05) is 39.3 Å². The molecule has 3 rings (SSSR count). The van der Waals surface area contributed by atoms with Crippen molar-refractivity contribution in [1.29, 1.82) is 0 Å². The second kappa shape index (κ2) is 8.26. The molecule has 2 heterocycles. The molecule has 1 aromatic heterocycles. The number of carbonyl (C=O) groups excluding carboxylic acids is 2. The van der Waals surface area contributed by atoms with Crippen molar-refractivity contribution in [3.8, 4) is 0 Å². The molecule has 2 amide bonds.